The summed E-state index contributed by atoms with van der Waals surface area (Å²) >= 11 is 0. The maximum Gasteiger partial charge on any atom is 0.167 e. The molecule has 0 saturated carbocycles. The summed E-state index contributed by atoms with van der Waals surface area (Å²) in [4.78, 5) is 12.2. The van der Waals surface area contributed by atoms with Crippen molar-refractivity contribution in [1.29, 1.82) is 0 Å². The molecule has 4 N–H and O–H groups in total. The summed E-state index contributed by atoms with van der Waals surface area (Å²) in [6.45, 7) is 0.0196. The van der Waals surface area contributed by atoms with E-state index < -0.39 is 24.5 Å². The summed E-state index contributed by atoms with van der Waals surface area (Å²) < 4.78 is 13.2. The van der Waals surface area contributed by atoms with Gasteiger partial charge in [-0.1, -0.05) is 30.3 Å². The molecule has 0 amide bonds. The minimum atomic E-state index is -1.01. The summed E-state index contributed by atoms with van der Waals surface area (Å²) in [7, 11) is 0. The molecule has 136 valence electrons. The van der Waals surface area contributed by atoms with Crippen LogP contribution in [0.1, 0.15) is 11.8 Å². The van der Waals surface area contributed by atoms with Crippen LogP contribution in [0, 0.1) is 0 Å². The lowest BCUT2D eigenvalue weighted by molar-refractivity contribution is -0.0650. The van der Waals surface area contributed by atoms with E-state index in [0.29, 0.717) is 17.8 Å². The molecule has 9 heteroatoms. The summed E-state index contributed by atoms with van der Waals surface area (Å²) in [5.41, 5.74) is 7.64. The molecule has 1 aliphatic rings. The van der Waals surface area contributed by atoms with E-state index >= 15 is 0 Å². The topological polar surface area (TPSA) is 129 Å². The number of aliphatic hydroxyl groups excluding tert-OH is 2. The highest BCUT2D eigenvalue weighted by molar-refractivity contribution is 5.81. The fourth-order valence-electron chi connectivity index (χ4n) is 3.13. The third-order valence-corrected chi connectivity index (χ3v) is 4.44. The Morgan fingerprint density at radius 3 is 2.77 bits per heavy atom. The van der Waals surface area contributed by atoms with Gasteiger partial charge < -0.3 is 25.4 Å². The molecular weight excluding hydrogens is 338 g/mol. The van der Waals surface area contributed by atoms with Crippen LogP contribution in [0.5, 0.6) is 0 Å². The fraction of sp³-hybridized carbons (Fsp3) is 0.353. The number of rotatable bonds is 5. The maximum atomic E-state index is 10.7. The molecule has 0 unspecified atom stereocenters. The third kappa shape index (κ3) is 2.90. The monoisotopic (exact) mass is 357 g/mol. The van der Waals surface area contributed by atoms with Crippen LogP contribution in [0.15, 0.2) is 43.0 Å². The van der Waals surface area contributed by atoms with Crippen molar-refractivity contribution in [3.05, 3.63) is 48.5 Å². The number of benzene rings is 1. The van der Waals surface area contributed by atoms with E-state index in [1.807, 2.05) is 30.3 Å². The second kappa shape index (κ2) is 6.96. The van der Waals surface area contributed by atoms with Crippen LogP contribution in [0.4, 0.5) is 5.82 Å². The van der Waals surface area contributed by atoms with E-state index in [-0.39, 0.29) is 12.4 Å². The van der Waals surface area contributed by atoms with E-state index in [1.165, 1.54) is 12.7 Å². The van der Waals surface area contributed by atoms with Crippen molar-refractivity contribution in [3.63, 3.8) is 0 Å². The molecule has 1 fully saturated rings. The van der Waals surface area contributed by atoms with Crippen molar-refractivity contribution < 1.29 is 19.7 Å². The first-order valence-corrected chi connectivity index (χ1v) is 8.22. The zero-order valence-electron chi connectivity index (χ0n) is 13.8. The minimum absolute atomic E-state index is 0.247. The highest BCUT2D eigenvalue weighted by Crippen LogP contribution is 2.33. The quantitative estimate of drug-likeness (QED) is 0.592. The molecule has 3 heterocycles. The van der Waals surface area contributed by atoms with Crippen molar-refractivity contribution in [3.8, 4) is 0 Å². The highest BCUT2D eigenvalue weighted by atomic mass is 16.6. The molecular formula is C17H19N5O4. The molecule has 3 aromatic rings. The van der Waals surface area contributed by atoms with Gasteiger partial charge in [0.1, 0.15) is 30.2 Å². The average Bonchev–Trinajstić information content (AvgIpc) is 3.22. The molecule has 1 saturated heterocycles. The predicted octanol–water partition coefficient (Wildman–Crippen LogP) is 0.244. The van der Waals surface area contributed by atoms with Crippen molar-refractivity contribution in [2.24, 2.45) is 0 Å². The molecule has 0 radical (unpaired) electrons. The van der Waals surface area contributed by atoms with Crippen molar-refractivity contribution in [2.75, 3.05) is 12.3 Å². The van der Waals surface area contributed by atoms with Gasteiger partial charge in [-0.2, -0.15) is 0 Å². The maximum absolute atomic E-state index is 10.7. The van der Waals surface area contributed by atoms with Crippen LogP contribution in [0.25, 0.3) is 11.2 Å². The van der Waals surface area contributed by atoms with Crippen LogP contribution >= 0.6 is 0 Å². The van der Waals surface area contributed by atoms with Gasteiger partial charge in [0.15, 0.2) is 17.7 Å². The number of nitrogen functional groups attached to an aromatic ring is 1. The Morgan fingerprint density at radius 2 is 2.00 bits per heavy atom. The SMILES string of the molecule is Nc1ncnc2c1ncn2[C@@H]1O[C@H](CO)[C@@H](OCc2ccccc2)[C@@H]1O. The molecule has 26 heavy (non-hydrogen) atoms. The lowest BCUT2D eigenvalue weighted by Gasteiger charge is -2.20. The summed E-state index contributed by atoms with van der Waals surface area (Å²) in [5, 5.41) is 20.4. The fourth-order valence-corrected chi connectivity index (χ4v) is 3.13. The first-order valence-electron chi connectivity index (χ1n) is 8.22. The summed E-state index contributed by atoms with van der Waals surface area (Å²) in [6, 6.07) is 9.59. The van der Waals surface area contributed by atoms with Gasteiger partial charge in [-0.25, -0.2) is 15.0 Å². The molecule has 0 bridgehead atoms. The normalized spacial score (nSPS) is 25.8. The van der Waals surface area contributed by atoms with E-state index in [1.54, 1.807) is 4.57 Å². The molecule has 0 spiro atoms. The van der Waals surface area contributed by atoms with Crippen molar-refractivity contribution in [1.82, 2.24) is 19.5 Å². The molecule has 4 rings (SSSR count). The number of aromatic nitrogens is 4. The highest BCUT2D eigenvalue weighted by Gasteiger charge is 2.45. The number of hydrogen-bond donors (Lipinski definition) is 3. The van der Waals surface area contributed by atoms with E-state index in [2.05, 4.69) is 15.0 Å². The van der Waals surface area contributed by atoms with Gasteiger partial charge in [-0.3, -0.25) is 4.57 Å². The molecule has 9 nitrogen and oxygen atoms in total. The van der Waals surface area contributed by atoms with Crippen molar-refractivity contribution >= 4 is 17.0 Å². The van der Waals surface area contributed by atoms with E-state index in [4.69, 9.17) is 15.2 Å². The number of fused-ring (bicyclic) bond motifs is 1. The van der Waals surface area contributed by atoms with E-state index in [9.17, 15) is 10.2 Å². The lowest BCUT2D eigenvalue weighted by atomic mass is 10.1. The number of anilines is 1. The molecule has 2 aromatic heterocycles. The van der Waals surface area contributed by atoms with Crippen LogP contribution < -0.4 is 5.73 Å². The smallest absolute Gasteiger partial charge is 0.167 e. The Bertz CT molecular complexity index is 887. The van der Waals surface area contributed by atoms with Crippen LogP contribution in [0.2, 0.25) is 0 Å². The van der Waals surface area contributed by atoms with Gasteiger partial charge in [-0.15, -0.1) is 0 Å². The van der Waals surface area contributed by atoms with Gasteiger partial charge in [0.2, 0.25) is 0 Å². The zero-order chi connectivity index (χ0) is 18.1. The minimum Gasteiger partial charge on any atom is -0.394 e. The second-order valence-electron chi connectivity index (χ2n) is 6.08. The Morgan fingerprint density at radius 1 is 1.19 bits per heavy atom. The summed E-state index contributed by atoms with van der Waals surface area (Å²) in [5.74, 6) is 0.247. The number of aliphatic hydroxyl groups is 2. The van der Waals surface area contributed by atoms with E-state index in [0.717, 1.165) is 5.56 Å². The first-order chi connectivity index (χ1) is 12.7. The number of nitrogens with zero attached hydrogens (tertiary/aromatic N) is 4. The molecule has 1 aliphatic heterocycles. The van der Waals surface area contributed by atoms with Crippen molar-refractivity contribution in [2.45, 2.75) is 31.1 Å². The molecule has 1 aromatic carbocycles. The van der Waals surface area contributed by atoms with Gasteiger partial charge in [0.05, 0.1) is 19.5 Å². The number of hydrogen-bond acceptors (Lipinski definition) is 8. The molecule has 4 atom stereocenters. The van der Waals surface area contributed by atoms with Gasteiger partial charge in [0, 0.05) is 0 Å². The van der Waals surface area contributed by atoms with Crippen LogP contribution in [-0.2, 0) is 16.1 Å². The number of ether oxygens (including phenoxy) is 2. The largest absolute Gasteiger partial charge is 0.394 e. The third-order valence-electron chi connectivity index (χ3n) is 4.44. The van der Waals surface area contributed by atoms with Gasteiger partial charge >= 0.3 is 0 Å². The van der Waals surface area contributed by atoms with Gasteiger partial charge in [0.25, 0.3) is 0 Å². The Labute approximate surface area is 149 Å². The Kier molecular flexibility index (Phi) is 4.51. The first kappa shape index (κ1) is 16.9. The number of imidazole rings is 1. The second-order valence-corrected chi connectivity index (χ2v) is 6.08. The van der Waals surface area contributed by atoms with Crippen LogP contribution in [-0.4, -0.2) is 54.7 Å². The predicted molar refractivity (Wildman–Crippen MR) is 91.8 cm³/mol. The zero-order valence-corrected chi connectivity index (χ0v) is 13.8. The van der Waals surface area contributed by atoms with Gasteiger partial charge in [-0.05, 0) is 5.56 Å². The lowest BCUT2D eigenvalue weighted by Crippen LogP contribution is -2.36. The van der Waals surface area contributed by atoms with Crippen LogP contribution in [0.3, 0.4) is 0 Å². The Hall–Kier alpha value is -2.59. The average molecular weight is 357 g/mol. The number of nitrogens with two attached hydrogens (primary N) is 1. The molecule has 0 aliphatic carbocycles. The summed E-state index contributed by atoms with van der Waals surface area (Å²) in [6.07, 6.45) is -0.365. The Balaban J connectivity index is 1.57. The standard InChI is InChI=1S/C17H19N5O4/c18-15-12-16(20-8-19-15)22(9-21-12)17-13(24)14(11(6-23)26-17)25-7-10-4-2-1-3-5-10/h1-5,8-9,11,13-14,17,23-24H,6-7H2,(H2,18,19,20)/t11-,13+,14-,17-/m1/s1.